The average Bonchev–Trinajstić information content (AvgIpc) is 3.39. The first-order chi connectivity index (χ1) is 22.1. The van der Waals surface area contributed by atoms with Crippen LogP contribution in [0.3, 0.4) is 0 Å². The van der Waals surface area contributed by atoms with Crippen LogP contribution in [0.5, 0.6) is 0 Å². The van der Waals surface area contributed by atoms with Gasteiger partial charge in [0.2, 0.25) is 5.12 Å². The number of carbonyl (C=O) groups excluding carboxylic acids is 3. The number of halogens is 1. The highest BCUT2D eigenvalue weighted by Crippen LogP contribution is 2.46. The molecule has 0 spiro atoms. The van der Waals surface area contributed by atoms with E-state index in [1.165, 1.54) is 21.4 Å². The molecule has 0 saturated heterocycles. The number of aryl methyl sites for hydroxylation is 1. The summed E-state index contributed by atoms with van der Waals surface area (Å²) in [6, 6.07) is 2.46. The van der Waals surface area contributed by atoms with E-state index >= 15 is 4.39 Å². The van der Waals surface area contributed by atoms with Gasteiger partial charge < -0.3 is 24.5 Å². The second-order valence-corrected chi connectivity index (χ2v) is 16.1. The van der Waals surface area contributed by atoms with Gasteiger partial charge >= 0.3 is 12.1 Å². The Bertz CT molecular complexity index is 1920. The summed E-state index contributed by atoms with van der Waals surface area (Å²) in [4.78, 5) is 57.0. The minimum Gasteiger partial charge on any atom is -0.458 e. The van der Waals surface area contributed by atoms with Crippen LogP contribution in [-0.4, -0.2) is 43.2 Å². The predicted octanol–water partition coefficient (Wildman–Crippen LogP) is 5.97. The topological polar surface area (TPSA) is 137 Å². The highest BCUT2D eigenvalue weighted by Gasteiger charge is 2.46. The Balaban J connectivity index is 1.37. The lowest BCUT2D eigenvalue weighted by molar-refractivity contribution is -0.172. The largest absolute Gasteiger partial charge is 0.458 e. The van der Waals surface area contributed by atoms with Crippen molar-refractivity contribution in [2.45, 2.75) is 104 Å². The molecular weight excluding hydrogens is 646 g/mol. The Morgan fingerprint density at radius 2 is 1.96 bits per heavy atom. The molecule has 2 aromatic heterocycles. The van der Waals surface area contributed by atoms with Gasteiger partial charge in [-0.15, -0.1) is 0 Å². The fraction of sp³-hybridized carbons (Fsp3) is 0.500. The van der Waals surface area contributed by atoms with Crippen LogP contribution in [0.25, 0.3) is 22.3 Å². The summed E-state index contributed by atoms with van der Waals surface area (Å²) in [6.07, 6.45) is -0.168. The van der Waals surface area contributed by atoms with Crippen LogP contribution in [0.2, 0.25) is 0 Å². The summed E-state index contributed by atoms with van der Waals surface area (Å²) in [6.45, 7) is 12.5. The second-order valence-electron chi connectivity index (χ2n) is 13.6. The first-order valence-corrected chi connectivity index (χ1v) is 17.9. The van der Waals surface area contributed by atoms with Crippen LogP contribution in [0, 0.1) is 18.2 Å². The quantitative estimate of drug-likeness (QED) is 0.185. The van der Waals surface area contributed by atoms with Crippen LogP contribution >= 0.6 is 21.6 Å². The summed E-state index contributed by atoms with van der Waals surface area (Å²) < 4.78 is 27.7. The number of esters is 1. The summed E-state index contributed by atoms with van der Waals surface area (Å²) in [5.41, 5.74) is 1.50. The molecule has 0 saturated carbocycles. The van der Waals surface area contributed by atoms with E-state index in [0.717, 1.165) is 27.3 Å². The number of amides is 1. The molecule has 1 amide bonds. The molecule has 2 aliphatic heterocycles. The zero-order valence-corrected chi connectivity index (χ0v) is 29.0. The van der Waals surface area contributed by atoms with E-state index < -0.39 is 46.6 Å². The zero-order chi connectivity index (χ0) is 34.2. The number of hydrogen-bond acceptors (Lipinski definition) is 10. The molecule has 1 aromatic carbocycles. The molecule has 4 atom stereocenters. The summed E-state index contributed by atoms with van der Waals surface area (Å²) >= 11 is 0. The second kappa shape index (κ2) is 11.9. The SMILES string of the molecule is CC[C@@]1(O)C(=O)OCc2c1cc1n(c2=O)Cc2c-1nc1cc(F)c(C)c3c1c2[C@@H](NC(=O)O[C@@H](C)[C@@H](C)SSC(=O)C(C)(C)C)CC3. The Labute approximate surface area is 279 Å². The third kappa shape index (κ3) is 5.53. The first-order valence-electron chi connectivity index (χ1n) is 15.7. The highest BCUT2D eigenvalue weighted by atomic mass is 33.1. The van der Waals surface area contributed by atoms with E-state index in [9.17, 15) is 24.3 Å². The number of nitrogens with zero attached hydrogens (tertiary/aromatic N) is 2. The minimum atomic E-state index is -1.98. The maximum atomic E-state index is 15.2. The van der Waals surface area contributed by atoms with Gasteiger partial charge in [0.15, 0.2) is 5.60 Å². The molecule has 47 heavy (non-hydrogen) atoms. The Morgan fingerprint density at radius 3 is 2.64 bits per heavy atom. The van der Waals surface area contributed by atoms with Crippen LogP contribution in [0.4, 0.5) is 9.18 Å². The van der Waals surface area contributed by atoms with Crippen molar-refractivity contribution < 1.29 is 33.4 Å². The standard InChI is InChI=1S/C34H38FN3O7S2/c1-8-34(43)21-11-25-28-19(13-38(25)29(39)20(21)14-44-30(34)40)27-23(10-9-18-15(2)22(35)12-24(36-28)26(18)27)37-32(42)45-16(3)17(4)46-47-31(41)33(5,6)7/h11-12,16-17,23,43H,8-10,13-14H2,1-7H3,(H,37,42)/t16-,17+,23-,34-/m0/s1. The van der Waals surface area contributed by atoms with E-state index in [0.29, 0.717) is 40.9 Å². The number of aromatic nitrogens is 2. The van der Waals surface area contributed by atoms with Gasteiger partial charge in [0.05, 0.1) is 35.1 Å². The van der Waals surface area contributed by atoms with Gasteiger partial charge in [0.1, 0.15) is 18.5 Å². The van der Waals surface area contributed by atoms with Crippen molar-refractivity contribution in [2.24, 2.45) is 5.41 Å². The molecular formula is C34H38FN3O7S2. The van der Waals surface area contributed by atoms with Crippen molar-refractivity contribution in [3.8, 4) is 11.4 Å². The Kier molecular flexibility index (Phi) is 8.49. The number of cyclic esters (lactones) is 1. The smallest absolute Gasteiger partial charge is 0.407 e. The fourth-order valence-corrected chi connectivity index (χ4v) is 9.10. The van der Waals surface area contributed by atoms with Crippen molar-refractivity contribution in [2.75, 3.05) is 0 Å². The van der Waals surface area contributed by atoms with Crippen molar-refractivity contribution in [1.82, 2.24) is 14.9 Å². The first kappa shape index (κ1) is 33.5. The maximum absolute atomic E-state index is 15.2. The molecule has 10 nitrogen and oxygen atoms in total. The number of nitrogens with one attached hydrogen (secondary N) is 1. The van der Waals surface area contributed by atoms with Crippen molar-refractivity contribution in [3.05, 3.63) is 61.7 Å². The maximum Gasteiger partial charge on any atom is 0.407 e. The van der Waals surface area contributed by atoms with Gasteiger partial charge in [-0.3, -0.25) is 9.59 Å². The molecule has 250 valence electrons. The van der Waals surface area contributed by atoms with Crippen molar-refractivity contribution >= 4 is 49.7 Å². The highest BCUT2D eigenvalue weighted by molar-refractivity contribution is 8.82. The van der Waals surface area contributed by atoms with Crippen LogP contribution in [0.1, 0.15) is 93.8 Å². The number of rotatable bonds is 6. The van der Waals surface area contributed by atoms with Crippen molar-refractivity contribution in [1.29, 1.82) is 0 Å². The number of benzene rings is 1. The van der Waals surface area contributed by atoms with Crippen molar-refractivity contribution in [3.63, 3.8) is 0 Å². The Morgan fingerprint density at radius 1 is 1.23 bits per heavy atom. The molecule has 1 aliphatic carbocycles. The van der Waals surface area contributed by atoms with Gasteiger partial charge in [-0.25, -0.2) is 19.0 Å². The summed E-state index contributed by atoms with van der Waals surface area (Å²) in [7, 11) is 2.51. The minimum absolute atomic E-state index is 0.00800. The summed E-state index contributed by atoms with van der Waals surface area (Å²) in [5.74, 6) is -1.22. The number of carbonyl (C=O) groups is 3. The zero-order valence-electron chi connectivity index (χ0n) is 27.4. The van der Waals surface area contributed by atoms with E-state index in [4.69, 9.17) is 14.5 Å². The molecule has 4 heterocycles. The Hall–Kier alpha value is -3.42. The number of alkyl carbamates (subject to hydrolysis) is 1. The molecule has 0 bridgehead atoms. The monoisotopic (exact) mass is 683 g/mol. The van der Waals surface area contributed by atoms with Crippen LogP contribution in [0.15, 0.2) is 16.9 Å². The molecule has 3 aromatic rings. The lowest BCUT2D eigenvalue weighted by atomic mass is 9.81. The van der Waals surface area contributed by atoms with Gasteiger partial charge in [0.25, 0.3) is 5.56 Å². The van der Waals surface area contributed by atoms with Crippen LogP contribution < -0.4 is 10.9 Å². The van der Waals surface area contributed by atoms with E-state index in [-0.39, 0.29) is 41.1 Å². The van der Waals surface area contributed by atoms with Gasteiger partial charge in [-0.1, -0.05) is 38.5 Å². The third-order valence-electron chi connectivity index (χ3n) is 9.51. The number of fused-ring (bicyclic) bond motifs is 5. The lowest BCUT2D eigenvalue weighted by Gasteiger charge is -2.31. The predicted molar refractivity (Wildman–Crippen MR) is 178 cm³/mol. The average molecular weight is 684 g/mol. The molecule has 0 fully saturated rings. The number of aliphatic hydroxyl groups is 1. The fourth-order valence-electron chi connectivity index (χ4n) is 6.46. The van der Waals surface area contributed by atoms with Gasteiger partial charge in [-0.05, 0) is 73.6 Å². The van der Waals surface area contributed by atoms with E-state index in [2.05, 4.69) is 5.32 Å². The van der Waals surface area contributed by atoms with Gasteiger partial charge in [-0.2, -0.15) is 0 Å². The van der Waals surface area contributed by atoms with E-state index in [1.807, 2.05) is 27.7 Å². The summed E-state index contributed by atoms with van der Waals surface area (Å²) in [5, 5.41) is 14.9. The number of ether oxygens (including phenoxy) is 2. The number of pyridine rings is 2. The number of hydrogen-bond donors (Lipinski definition) is 2. The lowest BCUT2D eigenvalue weighted by Crippen LogP contribution is -2.44. The molecule has 6 rings (SSSR count). The molecule has 0 unspecified atom stereocenters. The molecule has 2 N–H and O–H groups in total. The van der Waals surface area contributed by atoms with Gasteiger partial charge in [0, 0.05) is 33.2 Å². The molecule has 0 radical (unpaired) electrons. The third-order valence-corrected chi connectivity index (χ3v) is 12.7. The molecule has 3 aliphatic rings. The van der Waals surface area contributed by atoms with Crippen LogP contribution in [-0.2, 0) is 44.2 Å². The van der Waals surface area contributed by atoms with E-state index in [1.54, 1.807) is 26.8 Å². The molecule has 13 heteroatoms. The normalized spacial score (nSPS) is 21.0.